The lowest BCUT2D eigenvalue weighted by Gasteiger charge is -2.18. The minimum atomic E-state index is -0.365. The molecule has 10 heteroatoms. The lowest BCUT2D eigenvalue weighted by atomic mass is 9.88. The van der Waals surface area contributed by atoms with E-state index in [0.29, 0.717) is 40.6 Å². The summed E-state index contributed by atoms with van der Waals surface area (Å²) in [6.07, 6.45) is 2.48. The zero-order valence-corrected chi connectivity index (χ0v) is 23.6. The van der Waals surface area contributed by atoms with E-state index in [2.05, 4.69) is 22.4 Å². The minimum absolute atomic E-state index is 0.145. The van der Waals surface area contributed by atoms with Gasteiger partial charge in [-0.1, -0.05) is 36.4 Å². The molecule has 0 aliphatic heterocycles. The van der Waals surface area contributed by atoms with Crippen molar-refractivity contribution in [3.63, 3.8) is 0 Å². The van der Waals surface area contributed by atoms with E-state index in [1.54, 1.807) is 6.92 Å². The molecule has 1 amide bonds. The van der Waals surface area contributed by atoms with Crippen LogP contribution in [0.3, 0.4) is 0 Å². The number of aryl methyl sites for hydroxylation is 1. The molecule has 1 aliphatic carbocycles. The maximum Gasteiger partial charge on any atom is 0.341 e. The molecule has 2 unspecified atom stereocenters. The maximum atomic E-state index is 12.9. The molecule has 4 rings (SSSR count). The lowest BCUT2D eigenvalue weighted by molar-refractivity contribution is -0.113. The summed E-state index contributed by atoms with van der Waals surface area (Å²) in [5, 5.41) is 12.9. The summed E-state index contributed by atoms with van der Waals surface area (Å²) < 4.78 is 13.3. The highest BCUT2D eigenvalue weighted by Gasteiger charge is 2.29. The van der Waals surface area contributed by atoms with Crippen molar-refractivity contribution in [1.82, 2.24) is 14.8 Å². The van der Waals surface area contributed by atoms with E-state index < -0.39 is 0 Å². The van der Waals surface area contributed by atoms with Gasteiger partial charge in [0.1, 0.15) is 10.8 Å². The highest BCUT2D eigenvalue weighted by atomic mass is 32.2. The largest absolute Gasteiger partial charge is 0.483 e. The number of hydrogen-bond acceptors (Lipinski definition) is 8. The van der Waals surface area contributed by atoms with E-state index in [0.717, 1.165) is 30.6 Å². The fourth-order valence-electron chi connectivity index (χ4n) is 4.43. The number of esters is 1. The Kier molecular flexibility index (Phi) is 8.91. The standard InChI is InChI=1S/C27H34N4O4S2/c1-6-31-24(18(5)35-19-11-8-16(3)9-12-19)29-30-27(31)36-15-22(32)28-25-23(26(33)34-7-2)20-13-10-17(4)14-21(20)37-25/h8-9,11-12,17-18H,6-7,10,13-15H2,1-5H3,(H,28,32). The number of carbonyl (C=O) groups is 2. The Morgan fingerprint density at radius 2 is 2.00 bits per heavy atom. The van der Waals surface area contributed by atoms with Crippen LogP contribution >= 0.6 is 23.1 Å². The molecule has 1 N–H and O–H groups in total. The van der Waals surface area contributed by atoms with Gasteiger partial charge in [-0.15, -0.1) is 21.5 Å². The van der Waals surface area contributed by atoms with Gasteiger partial charge in [-0.25, -0.2) is 4.79 Å². The van der Waals surface area contributed by atoms with Crippen molar-refractivity contribution < 1.29 is 19.1 Å². The molecule has 0 bridgehead atoms. The number of ether oxygens (including phenoxy) is 2. The van der Waals surface area contributed by atoms with Crippen LogP contribution < -0.4 is 10.1 Å². The fraction of sp³-hybridized carbons (Fsp3) is 0.481. The minimum Gasteiger partial charge on any atom is -0.483 e. The third-order valence-electron chi connectivity index (χ3n) is 6.34. The molecule has 0 saturated heterocycles. The van der Waals surface area contributed by atoms with Gasteiger partial charge in [-0.05, 0) is 70.6 Å². The Bertz CT molecular complexity index is 1250. The molecule has 37 heavy (non-hydrogen) atoms. The first-order valence-corrected chi connectivity index (χ1v) is 14.5. The summed E-state index contributed by atoms with van der Waals surface area (Å²) in [5.74, 6) is 1.62. The van der Waals surface area contributed by atoms with E-state index in [1.165, 1.54) is 33.5 Å². The summed E-state index contributed by atoms with van der Waals surface area (Å²) in [4.78, 5) is 26.8. The van der Waals surface area contributed by atoms with Crippen molar-refractivity contribution in [3.05, 3.63) is 51.7 Å². The molecule has 198 valence electrons. The fourth-order valence-corrected chi connectivity index (χ4v) is 6.65. The van der Waals surface area contributed by atoms with Crippen molar-refractivity contribution in [3.8, 4) is 5.75 Å². The Hall–Kier alpha value is -2.85. The second-order valence-corrected chi connectivity index (χ2v) is 11.3. The van der Waals surface area contributed by atoms with Gasteiger partial charge >= 0.3 is 5.97 Å². The highest BCUT2D eigenvalue weighted by Crippen LogP contribution is 2.40. The monoisotopic (exact) mass is 542 g/mol. The number of anilines is 1. The molecule has 0 spiro atoms. The number of amides is 1. The Morgan fingerprint density at radius 3 is 2.70 bits per heavy atom. The molecule has 1 aliphatic rings. The Balaban J connectivity index is 1.44. The van der Waals surface area contributed by atoms with E-state index in [9.17, 15) is 9.59 Å². The van der Waals surface area contributed by atoms with Gasteiger partial charge in [0, 0.05) is 11.4 Å². The molecule has 1 aromatic carbocycles. The maximum absolute atomic E-state index is 12.9. The molecular weight excluding hydrogens is 508 g/mol. The van der Waals surface area contributed by atoms with Gasteiger partial charge in [0.15, 0.2) is 17.1 Å². The van der Waals surface area contributed by atoms with Crippen LogP contribution in [0.2, 0.25) is 0 Å². The SMILES string of the molecule is CCOC(=O)c1c(NC(=O)CSc2nnc(C(C)Oc3ccc(C)cc3)n2CC)sc2c1CCC(C)C2. The van der Waals surface area contributed by atoms with Gasteiger partial charge in [0.2, 0.25) is 5.91 Å². The van der Waals surface area contributed by atoms with E-state index in [1.807, 2.05) is 49.6 Å². The molecule has 8 nitrogen and oxygen atoms in total. The number of thioether (sulfide) groups is 1. The first kappa shape index (κ1) is 27.2. The number of hydrogen-bond donors (Lipinski definition) is 1. The molecule has 2 atom stereocenters. The number of benzene rings is 1. The summed E-state index contributed by atoms with van der Waals surface area (Å²) in [7, 11) is 0. The Morgan fingerprint density at radius 1 is 1.24 bits per heavy atom. The predicted octanol–water partition coefficient (Wildman–Crippen LogP) is 5.84. The van der Waals surface area contributed by atoms with Crippen molar-refractivity contribution in [1.29, 1.82) is 0 Å². The average Bonchev–Trinajstić information content (AvgIpc) is 3.44. The topological polar surface area (TPSA) is 95.3 Å². The van der Waals surface area contributed by atoms with Crippen molar-refractivity contribution in [2.75, 3.05) is 17.7 Å². The molecule has 2 heterocycles. The van der Waals surface area contributed by atoms with Crippen molar-refractivity contribution in [2.24, 2.45) is 5.92 Å². The number of thiophene rings is 1. The quantitative estimate of drug-likeness (QED) is 0.254. The van der Waals surface area contributed by atoms with Crippen LogP contribution in [0.4, 0.5) is 5.00 Å². The van der Waals surface area contributed by atoms with E-state index in [-0.39, 0.29) is 23.7 Å². The van der Waals surface area contributed by atoms with Crippen LogP contribution in [0.1, 0.15) is 72.4 Å². The number of carbonyl (C=O) groups excluding carboxylic acids is 2. The van der Waals surface area contributed by atoms with Crippen LogP contribution in [0, 0.1) is 12.8 Å². The molecule has 0 radical (unpaired) electrons. The van der Waals surface area contributed by atoms with Gasteiger partial charge in [0.05, 0.1) is 17.9 Å². The summed E-state index contributed by atoms with van der Waals surface area (Å²) >= 11 is 2.81. The van der Waals surface area contributed by atoms with Crippen LogP contribution in [-0.4, -0.2) is 39.0 Å². The molecule has 0 fully saturated rings. The normalized spacial score (nSPS) is 15.6. The van der Waals surface area contributed by atoms with Crippen LogP contribution in [0.5, 0.6) is 5.75 Å². The summed E-state index contributed by atoms with van der Waals surface area (Å²) in [5.41, 5.74) is 2.72. The van der Waals surface area contributed by atoms with E-state index >= 15 is 0 Å². The molecule has 0 saturated carbocycles. The number of nitrogens with zero attached hydrogens (tertiary/aromatic N) is 3. The van der Waals surface area contributed by atoms with Crippen LogP contribution in [-0.2, 0) is 28.9 Å². The lowest BCUT2D eigenvalue weighted by Crippen LogP contribution is -2.18. The second kappa shape index (κ2) is 12.1. The average molecular weight is 543 g/mol. The molecular formula is C27H34N4O4S2. The number of fused-ring (bicyclic) bond motifs is 1. The summed E-state index contributed by atoms with van der Waals surface area (Å²) in [6, 6.07) is 7.88. The highest BCUT2D eigenvalue weighted by molar-refractivity contribution is 7.99. The first-order valence-electron chi connectivity index (χ1n) is 12.7. The third-order valence-corrected chi connectivity index (χ3v) is 8.47. The van der Waals surface area contributed by atoms with E-state index in [4.69, 9.17) is 9.47 Å². The smallest absolute Gasteiger partial charge is 0.341 e. The van der Waals surface area contributed by atoms with Crippen molar-refractivity contribution in [2.45, 2.75) is 71.7 Å². The third kappa shape index (κ3) is 6.35. The zero-order valence-electron chi connectivity index (χ0n) is 22.0. The van der Waals surface area contributed by atoms with Gasteiger partial charge in [0.25, 0.3) is 0 Å². The first-order chi connectivity index (χ1) is 17.8. The van der Waals surface area contributed by atoms with Gasteiger partial charge in [-0.2, -0.15) is 0 Å². The van der Waals surface area contributed by atoms with Crippen molar-refractivity contribution >= 4 is 40.0 Å². The van der Waals surface area contributed by atoms with Gasteiger partial charge in [-0.3, -0.25) is 4.79 Å². The number of nitrogens with one attached hydrogen (secondary N) is 1. The molecule has 2 aromatic heterocycles. The number of aromatic nitrogens is 3. The summed E-state index contributed by atoms with van der Waals surface area (Å²) in [6.45, 7) is 10.9. The predicted molar refractivity (Wildman–Crippen MR) is 147 cm³/mol. The second-order valence-electron chi connectivity index (χ2n) is 9.27. The molecule has 3 aromatic rings. The van der Waals surface area contributed by atoms with Crippen LogP contribution in [0.25, 0.3) is 0 Å². The Labute approximate surface area is 226 Å². The number of rotatable bonds is 10. The van der Waals surface area contributed by atoms with Gasteiger partial charge < -0.3 is 19.4 Å². The van der Waals surface area contributed by atoms with Crippen LogP contribution in [0.15, 0.2) is 29.4 Å². The zero-order chi connectivity index (χ0) is 26.5.